The predicted molar refractivity (Wildman–Crippen MR) is 88.0 cm³/mol. The second-order valence-electron chi connectivity index (χ2n) is 5.43. The highest BCUT2D eigenvalue weighted by atomic mass is 79.9. The summed E-state index contributed by atoms with van der Waals surface area (Å²) >= 11 is 3.36. The van der Waals surface area contributed by atoms with Crippen LogP contribution >= 0.6 is 15.9 Å². The number of halogens is 1. The van der Waals surface area contributed by atoms with E-state index in [9.17, 15) is 0 Å². The highest BCUT2D eigenvalue weighted by Gasteiger charge is 2.12. The predicted octanol–water partition coefficient (Wildman–Crippen LogP) is 2.64. The highest BCUT2D eigenvalue weighted by molar-refractivity contribution is 9.09. The largest absolute Gasteiger partial charge is 0.493 e. The number of likely N-dealkylation sites (N-methyl/N-ethyl adjacent to an activating group) is 1. The monoisotopic (exact) mass is 340 g/mol. The Hall–Kier alpha value is -0.580. The minimum absolute atomic E-state index is 0.725. The van der Waals surface area contributed by atoms with Crippen LogP contribution in [0.3, 0.4) is 0 Å². The molecule has 0 bridgehead atoms. The fraction of sp³-hybridized carbons (Fsp3) is 0.625. The third-order valence-electron chi connectivity index (χ3n) is 3.80. The number of hydrogen-bond donors (Lipinski definition) is 0. The molecule has 0 amide bonds. The van der Waals surface area contributed by atoms with Gasteiger partial charge in [-0.15, -0.1) is 0 Å². The van der Waals surface area contributed by atoms with Crippen LogP contribution in [0.25, 0.3) is 0 Å². The zero-order valence-corrected chi connectivity index (χ0v) is 13.9. The molecule has 1 aromatic carbocycles. The van der Waals surface area contributed by atoms with Gasteiger partial charge in [0.1, 0.15) is 5.75 Å². The van der Waals surface area contributed by atoms with Crippen LogP contribution in [0.5, 0.6) is 5.75 Å². The van der Waals surface area contributed by atoms with Gasteiger partial charge in [0.2, 0.25) is 0 Å². The van der Waals surface area contributed by atoms with Crippen LogP contribution in [-0.4, -0.2) is 61.5 Å². The maximum Gasteiger partial charge on any atom is 0.119 e. The molecule has 4 heteroatoms. The van der Waals surface area contributed by atoms with E-state index in [-0.39, 0.29) is 0 Å². The SMILES string of the molecule is CN1CCN(CCCc2ccc(OCCBr)cc2)CC1. The van der Waals surface area contributed by atoms with Crippen molar-refractivity contribution in [3.05, 3.63) is 29.8 Å². The Kier molecular flexibility index (Phi) is 6.83. The van der Waals surface area contributed by atoms with E-state index in [4.69, 9.17) is 4.74 Å². The van der Waals surface area contributed by atoms with Crippen LogP contribution in [0.4, 0.5) is 0 Å². The zero-order chi connectivity index (χ0) is 14.2. The summed E-state index contributed by atoms with van der Waals surface area (Å²) < 4.78 is 5.56. The van der Waals surface area contributed by atoms with Crippen molar-refractivity contribution in [1.82, 2.24) is 9.80 Å². The van der Waals surface area contributed by atoms with Gasteiger partial charge in [-0.2, -0.15) is 0 Å². The van der Waals surface area contributed by atoms with Gasteiger partial charge in [0.05, 0.1) is 6.61 Å². The average Bonchev–Trinajstić information content (AvgIpc) is 2.48. The first-order valence-corrected chi connectivity index (χ1v) is 8.58. The normalized spacial score (nSPS) is 17.3. The molecule has 0 N–H and O–H groups in total. The molecule has 0 aromatic heterocycles. The second-order valence-corrected chi connectivity index (χ2v) is 6.22. The molecular formula is C16H25BrN2O. The average molecular weight is 341 g/mol. The van der Waals surface area contributed by atoms with Gasteiger partial charge in [-0.25, -0.2) is 0 Å². The molecule has 0 radical (unpaired) electrons. The van der Waals surface area contributed by atoms with Crippen molar-refractivity contribution < 1.29 is 4.74 Å². The molecule has 20 heavy (non-hydrogen) atoms. The molecule has 0 aliphatic carbocycles. The second kappa shape index (κ2) is 8.65. The Morgan fingerprint density at radius 2 is 1.80 bits per heavy atom. The number of ether oxygens (including phenoxy) is 1. The highest BCUT2D eigenvalue weighted by Crippen LogP contribution is 2.14. The van der Waals surface area contributed by atoms with Crippen LogP contribution in [0.1, 0.15) is 12.0 Å². The number of rotatable bonds is 7. The maximum absolute atomic E-state index is 5.56. The molecule has 3 nitrogen and oxygen atoms in total. The summed E-state index contributed by atoms with van der Waals surface area (Å²) in [6, 6.07) is 8.53. The van der Waals surface area contributed by atoms with Gasteiger partial charge in [-0.1, -0.05) is 28.1 Å². The van der Waals surface area contributed by atoms with Crippen molar-refractivity contribution in [2.24, 2.45) is 0 Å². The van der Waals surface area contributed by atoms with Gasteiger partial charge >= 0.3 is 0 Å². The summed E-state index contributed by atoms with van der Waals surface area (Å²) in [4.78, 5) is 4.98. The molecule has 1 aromatic rings. The van der Waals surface area contributed by atoms with E-state index in [1.807, 2.05) is 0 Å². The number of nitrogens with zero attached hydrogens (tertiary/aromatic N) is 2. The molecule has 2 rings (SSSR count). The topological polar surface area (TPSA) is 15.7 Å². The van der Waals surface area contributed by atoms with Crippen molar-refractivity contribution in [3.8, 4) is 5.75 Å². The summed E-state index contributed by atoms with van der Waals surface area (Å²) in [6.45, 7) is 6.79. The fourth-order valence-corrected chi connectivity index (χ4v) is 2.65. The first kappa shape index (κ1) is 15.8. The van der Waals surface area contributed by atoms with Crippen molar-refractivity contribution in [2.45, 2.75) is 12.8 Å². The molecular weight excluding hydrogens is 316 g/mol. The van der Waals surface area contributed by atoms with Crippen LogP contribution in [0.15, 0.2) is 24.3 Å². The zero-order valence-electron chi connectivity index (χ0n) is 12.4. The van der Waals surface area contributed by atoms with Gasteiger partial charge in [0, 0.05) is 31.5 Å². The molecule has 1 fully saturated rings. The van der Waals surface area contributed by atoms with Gasteiger partial charge < -0.3 is 14.5 Å². The molecule has 1 aliphatic heterocycles. The summed E-state index contributed by atoms with van der Waals surface area (Å²) in [5.41, 5.74) is 1.41. The fourth-order valence-electron chi connectivity index (χ4n) is 2.49. The van der Waals surface area contributed by atoms with Gasteiger partial charge in [-0.05, 0) is 44.1 Å². The van der Waals surface area contributed by atoms with E-state index in [0.717, 1.165) is 24.1 Å². The lowest BCUT2D eigenvalue weighted by Gasteiger charge is -2.32. The molecule has 0 unspecified atom stereocenters. The van der Waals surface area contributed by atoms with Crippen LogP contribution in [-0.2, 0) is 6.42 Å². The number of benzene rings is 1. The van der Waals surface area contributed by atoms with Crippen molar-refractivity contribution >= 4 is 15.9 Å². The van der Waals surface area contributed by atoms with Gasteiger partial charge in [-0.3, -0.25) is 0 Å². The first-order valence-electron chi connectivity index (χ1n) is 7.46. The van der Waals surface area contributed by atoms with E-state index in [1.54, 1.807) is 0 Å². The Labute approximate surface area is 131 Å². The van der Waals surface area contributed by atoms with E-state index in [0.29, 0.717) is 0 Å². The Balaban J connectivity index is 1.66. The third kappa shape index (κ3) is 5.43. The minimum Gasteiger partial charge on any atom is -0.493 e. The minimum atomic E-state index is 0.725. The van der Waals surface area contributed by atoms with Gasteiger partial charge in [0.25, 0.3) is 0 Å². The third-order valence-corrected chi connectivity index (χ3v) is 4.13. The lowest BCUT2D eigenvalue weighted by Crippen LogP contribution is -2.44. The standard InChI is InChI=1S/C16H25BrN2O/c1-18-10-12-19(13-11-18)9-2-3-15-4-6-16(7-5-15)20-14-8-17/h4-7H,2-3,8-14H2,1H3. The lowest BCUT2D eigenvalue weighted by atomic mass is 10.1. The molecule has 112 valence electrons. The van der Waals surface area contributed by atoms with Crippen LogP contribution in [0, 0.1) is 0 Å². The number of hydrogen-bond acceptors (Lipinski definition) is 3. The quantitative estimate of drug-likeness (QED) is 0.709. The maximum atomic E-state index is 5.56. The number of aryl methyl sites for hydroxylation is 1. The van der Waals surface area contributed by atoms with E-state index in [1.165, 1.54) is 44.7 Å². The molecule has 0 saturated carbocycles. The summed E-state index contributed by atoms with van der Waals surface area (Å²) in [7, 11) is 2.20. The lowest BCUT2D eigenvalue weighted by molar-refractivity contribution is 0.153. The Morgan fingerprint density at radius 1 is 1.10 bits per heavy atom. The van der Waals surface area contributed by atoms with Crippen molar-refractivity contribution in [3.63, 3.8) is 0 Å². The summed E-state index contributed by atoms with van der Waals surface area (Å²) in [5.74, 6) is 0.965. The van der Waals surface area contributed by atoms with Crippen molar-refractivity contribution in [2.75, 3.05) is 51.7 Å². The number of piperazine rings is 1. The van der Waals surface area contributed by atoms with E-state index in [2.05, 4.69) is 57.0 Å². The summed E-state index contributed by atoms with van der Waals surface area (Å²) in [6.07, 6.45) is 2.40. The van der Waals surface area contributed by atoms with Crippen molar-refractivity contribution in [1.29, 1.82) is 0 Å². The summed E-state index contributed by atoms with van der Waals surface area (Å²) in [5, 5.41) is 0.875. The molecule has 0 spiro atoms. The first-order chi connectivity index (χ1) is 9.78. The molecule has 1 aliphatic rings. The Morgan fingerprint density at radius 3 is 2.45 bits per heavy atom. The van der Waals surface area contributed by atoms with E-state index < -0.39 is 0 Å². The smallest absolute Gasteiger partial charge is 0.119 e. The molecule has 0 atom stereocenters. The number of alkyl halides is 1. The van der Waals surface area contributed by atoms with Crippen LogP contribution in [0.2, 0.25) is 0 Å². The Bertz CT molecular complexity index is 375. The van der Waals surface area contributed by atoms with Crippen LogP contribution < -0.4 is 4.74 Å². The van der Waals surface area contributed by atoms with Gasteiger partial charge in [0.15, 0.2) is 0 Å². The molecule has 1 saturated heterocycles. The van der Waals surface area contributed by atoms with E-state index >= 15 is 0 Å². The molecule has 1 heterocycles.